The molecule has 0 atom stereocenters. The summed E-state index contributed by atoms with van der Waals surface area (Å²) in [7, 11) is 0. The molecule has 0 saturated heterocycles. The molecule has 1 heterocycles. The molecule has 23 heavy (non-hydrogen) atoms. The van der Waals surface area contributed by atoms with Crippen LogP contribution in [0.2, 0.25) is 5.02 Å². The number of nitrogens with zero attached hydrogens (tertiary/aromatic N) is 1. The van der Waals surface area contributed by atoms with E-state index in [0.717, 1.165) is 30.6 Å². The van der Waals surface area contributed by atoms with Crippen LogP contribution in [0.4, 0.5) is 0 Å². The van der Waals surface area contributed by atoms with Gasteiger partial charge in [0.2, 0.25) is 5.91 Å². The molecule has 0 aromatic heterocycles. The monoisotopic (exact) mass is 334 g/mol. The van der Waals surface area contributed by atoms with Gasteiger partial charge in [-0.15, -0.1) is 0 Å². The van der Waals surface area contributed by atoms with E-state index < -0.39 is 0 Å². The molecule has 3 rings (SSSR count). The van der Waals surface area contributed by atoms with Gasteiger partial charge in [0.1, 0.15) is 0 Å². The van der Waals surface area contributed by atoms with Gasteiger partial charge in [-0.3, -0.25) is 19.3 Å². The van der Waals surface area contributed by atoms with Crippen LogP contribution in [0.3, 0.4) is 0 Å². The standard InChI is InChI=1S/C17H19ClN2O3/c18-13-8-4-7-12-14(13)17(23)20(16(12)22)10-9-19-15(21)11-5-2-1-3-6-11/h4,7-8,11H,1-3,5-6,9-10H2,(H,19,21). The number of nitrogens with one attached hydrogen (secondary N) is 1. The summed E-state index contributed by atoms with van der Waals surface area (Å²) in [5.41, 5.74) is 0.596. The highest BCUT2D eigenvalue weighted by Crippen LogP contribution is 2.28. The lowest BCUT2D eigenvalue weighted by atomic mass is 9.89. The van der Waals surface area contributed by atoms with Crippen molar-refractivity contribution >= 4 is 29.3 Å². The summed E-state index contributed by atoms with van der Waals surface area (Å²) in [4.78, 5) is 37.8. The molecular formula is C17H19ClN2O3. The van der Waals surface area contributed by atoms with Crippen LogP contribution < -0.4 is 5.32 Å². The molecule has 0 radical (unpaired) electrons. The van der Waals surface area contributed by atoms with Crippen molar-refractivity contribution in [2.45, 2.75) is 32.1 Å². The third-order valence-electron chi connectivity index (χ3n) is 4.56. The molecule has 122 valence electrons. The van der Waals surface area contributed by atoms with Crippen molar-refractivity contribution in [2.24, 2.45) is 5.92 Å². The van der Waals surface area contributed by atoms with E-state index in [1.165, 1.54) is 6.42 Å². The predicted molar refractivity (Wildman–Crippen MR) is 86.4 cm³/mol. The van der Waals surface area contributed by atoms with Crippen molar-refractivity contribution in [1.29, 1.82) is 0 Å². The van der Waals surface area contributed by atoms with Crippen molar-refractivity contribution in [3.63, 3.8) is 0 Å². The maximum Gasteiger partial charge on any atom is 0.263 e. The van der Waals surface area contributed by atoms with Crippen molar-refractivity contribution in [3.8, 4) is 0 Å². The van der Waals surface area contributed by atoms with Gasteiger partial charge in [0.15, 0.2) is 0 Å². The summed E-state index contributed by atoms with van der Waals surface area (Å²) in [6, 6.07) is 4.85. The first kappa shape index (κ1) is 16.0. The summed E-state index contributed by atoms with van der Waals surface area (Å²) in [5.74, 6) is -0.637. The van der Waals surface area contributed by atoms with Gasteiger partial charge < -0.3 is 5.32 Å². The molecule has 1 saturated carbocycles. The zero-order chi connectivity index (χ0) is 16.4. The maximum absolute atomic E-state index is 12.3. The number of hydrogen-bond acceptors (Lipinski definition) is 3. The smallest absolute Gasteiger partial charge is 0.263 e. The minimum absolute atomic E-state index is 0.0272. The minimum atomic E-state index is -0.387. The number of rotatable bonds is 4. The second-order valence-electron chi connectivity index (χ2n) is 6.05. The lowest BCUT2D eigenvalue weighted by Crippen LogP contribution is -2.40. The van der Waals surface area contributed by atoms with Crippen LogP contribution in [0.25, 0.3) is 0 Å². The Labute approximate surface area is 140 Å². The summed E-state index contributed by atoms with van der Waals surface area (Å²) >= 11 is 6.01. The number of carbonyl (C=O) groups is 3. The highest BCUT2D eigenvalue weighted by molar-refractivity contribution is 6.37. The first-order chi connectivity index (χ1) is 11.1. The fourth-order valence-corrected chi connectivity index (χ4v) is 3.55. The number of halogens is 1. The number of fused-ring (bicyclic) bond motifs is 1. The zero-order valence-electron chi connectivity index (χ0n) is 12.8. The van der Waals surface area contributed by atoms with Gasteiger partial charge in [-0.1, -0.05) is 36.9 Å². The molecule has 1 aromatic rings. The molecule has 6 heteroatoms. The van der Waals surface area contributed by atoms with E-state index in [1.807, 2.05) is 0 Å². The fraction of sp³-hybridized carbons (Fsp3) is 0.471. The van der Waals surface area contributed by atoms with Crippen LogP contribution in [0.15, 0.2) is 18.2 Å². The summed E-state index contributed by atoms with van der Waals surface area (Å²) < 4.78 is 0. The van der Waals surface area contributed by atoms with Gasteiger partial charge in [0.05, 0.1) is 16.1 Å². The lowest BCUT2D eigenvalue weighted by Gasteiger charge is -2.21. The average Bonchev–Trinajstić information content (AvgIpc) is 2.81. The summed E-state index contributed by atoms with van der Waals surface area (Å²) in [6.45, 7) is 0.444. The van der Waals surface area contributed by atoms with Gasteiger partial charge in [-0.2, -0.15) is 0 Å². The fourth-order valence-electron chi connectivity index (χ4n) is 3.30. The Morgan fingerprint density at radius 1 is 1.17 bits per heavy atom. The van der Waals surface area contributed by atoms with Crippen molar-refractivity contribution in [3.05, 3.63) is 34.3 Å². The van der Waals surface area contributed by atoms with Gasteiger partial charge >= 0.3 is 0 Å². The van der Waals surface area contributed by atoms with Crippen LogP contribution in [0, 0.1) is 5.92 Å². The maximum atomic E-state index is 12.3. The van der Waals surface area contributed by atoms with Crippen molar-refractivity contribution in [1.82, 2.24) is 10.2 Å². The van der Waals surface area contributed by atoms with E-state index in [9.17, 15) is 14.4 Å². The molecule has 0 unspecified atom stereocenters. The number of carbonyl (C=O) groups excluding carboxylic acids is 3. The van der Waals surface area contributed by atoms with Crippen molar-refractivity contribution < 1.29 is 14.4 Å². The van der Waals surface area contributed by atoms with E-state index in [2.05, 4.69) is 5.32 Å². The molecule has 1 aromatic carbocycles. The van der Waals surface area contributed by atoms with E-state index in [0.29, 0.717) is 5.56 Å². The van der Waals surface area contributed by atoms with Crippen LogP contribution in [0.5, 0.6) is 0 Å². The van der Waals surface area contributed by atoms with E-state index in [-0.39, 0.29) is 47.3 Å². The lowest BCUT2D eigenvalue weighted by molar-refractivity contribution is -0.125. The van der Waals surface area contributed by atoms with Crippen molar-refractivity contribution in [2.75, 3.05) is 13.1 Å². The molecule has 2 aliphatic rings. The Hall–Kier alpha value is -1.88. The summed E-state index contributed by atoms with van der Waals surface area (Å²) in [5, 5.41) is 3.13. The van der Waals surface area contributed by atoms with E-state index in [4.69, 9.17) is 11.6 Å². The quantitative estimate of drug-likeness (QED) is 0.861. The zero-order valence-corrected chi connectivity index (χ0v) is 13.6. The Kier molecular flexibility index (Phi) is 4.66. The largest absolute Gasteiger partial charge is 0.354 e. The highest BCUT2D eigenvalue weighted by Gasteiger charge is 2.36. The Balaban J connectivity index is 1.57. The Morgan fingerprint density at radius 2 is 1.91 bits per heavy atom. The Morgan fingerprint density at radius 3 is 2.61 bits per heavy atom. The van der Waals surface area contributed by atoms with Crippen LogP contribution in [-0.4, -0.2) is 35.7 Å². The average molecular weight is 335 g/mol. The predicted octanol–water partition coefficient (Wildman–Crippen LogP) is 2.63. The minimum Gasteiger partial charge on any atom is -0.354 e. The second-order valence-corrected chi connectivity index (χ2v) is 6.46. The van der Waals surface area contributed by atoms with Crippen LogP contribution in [0.1, 0.15) is 52.8 Å². The Bertz CT molecular complexity index is 653. The van der Waals surface area contributed by atoms with Crippen LogP contribution in [-0.2, 0) is 4.79 Å². The van der Waals surface area contributed by atoms with Gasteiger partial charge in [0.25, 0.3) is 11.8 Å². The topological polar surface area (TPSA) is 66.5 Å². The molecule has 1 aliphatic heterocycles. The number of hydrogen-bond donors (Lipinski definition) is 1. The molecule has 1 fully saturated rings. The highest BCUT2D eigenvalue weighted by atomic mass is 35.5. The number of benzene rings is 1. The first-order valence-corrected chi connectivity index (χ1v) is 8.40. The number of amides is 3. The van der Waals surface area contributed by atoms with E-state index in [1.54, 1.807) is 18.2 Å². The normalized spacial score (nSPS) is 18.2. The third-order valence-corrected chi connectivity index (χ3v) is 4.87. The van der Waals surface area contributed by atoms with E-state index >= 15 is 0 Å². The molecule has 1 aliphatic carbocycles. The third kappa shape index (κ3) is 3.11. The SMILES string of the molecule is O=C(NCCN1C(=O)c2cccc(Cl)c2C1=O)C1CCCCC1. The molecule has 0 bridgehead atoms. The molecule has 3 amide bonds. The van der Waals surface area contributed by atoms with Gasteiger partial charge in [0, 0.05) is 19.0 Å². The van der Waals surface area contributed by atoms with Gasteiger partial charge in [-0.25, -0.2) is 0 Å². The molecule has 0 spiro atoms. The van der Waals surface area contributed by atoms with Crippen LogP contribution >= 0.6 is 11.6 Å². The second kappa shape index (κ2) is 6.71. The summed E-state index contributed by atoms with van der Waals surface area (Å²) in [6.07, 6.45) is 5.23. The first-order valence-electron chi connectivity index (χ1n) is 8.02. The molecular weight excluding hydrogens is 316 g/mol. The molecule has 1 N–H and O–H groups in total. The molecule has 5 nitrogen and oxygen atoms in total. The number of imide groups is 1. The van der Waals surface area contributed by atoms with Gasteiger partial charge in [-0.05, 0) is 25.0 Å².